The summed E-state index contributed by atoms with van der Waals surface area (Å²) in [6.45, 7) is -0.533. The van der Waals surface area contributed by atoms with Gasteiger partial charge < -0.3 is 5.32 Å². The predicted octanol–water partition coefficient (Wildman–Crippen LogP) is 1.45. The maximum atomic E-state index is 13.0. The van der Waals surface area contributed by atoms with Crippen LogP contribution in [-0.4, -0.2) is 39.1 Å². The molecule has 9 heteroatoms. The molecule has 1 atom stereocenters. The number of nitrogens with one attached hydrogen (secondary N) is 2. The summed E-state index contributed by atoms with van der Waals surface area (Å²) in [5.41, 5.74) is 0.259. The van der Waals surface area contributed by atoms with Crippen LogP contribution in [0.2, 0.25) is 0 Å². The first kappa shape index (κ1) is 17.8. The van der Waals surface area contributed by atoms with Crippen LogP contribution in [0.15, 0.2) is 29.2 Å². The lowest BCUT2D eigenvalue weighted by atomic mass is 10.2. The Morgan fingerprint density at radius 3 is 2.62 bits per heavy atom. The third-order valence-electron chi connectivity index (χ3n) is 2.96. The molecule has 0 aliphatic carbocycles. The van der Waals surface area contributed by atoms with Crippen LogP contribution >= 0.6 is 12.4 Å². The van der Waals surface area contributed by atoms with Gasteiger partial charge in [0.1, 0.15) is 0 Å². The second-order valence-electron chi connectivity index (χ2n) is 4.78. The molecule has 1 fully saturated rings. The van der Waals surface area contributed by atoms with E-state index in [-0.39, 0.29) is 23.0 Å². The molecule has 0 saturated carbocycles. The van der Waals surface area contributed by atoms with Crippen molar-refractivity contribution in [3.63, 3.8) is 0 Å². The van der Waals surface area contributed by atoms with Crippen LogP contribution in [0, 0.1) is 0 Å². The molecular weight excluding hydrogens is 326 g/mol. The van der Waals surface area contributed by atoms with Gasteiger partial charge in [-0.3, -0.25) is 10.1 Å². The van der Waals surface area contributed by atoms with E-state index in [0.29, 0.717) is 0 Å². The van der Waals surface area contributed by atoms with Crippen molar-refractivity contribution in [2.45, 2.75) is 23.3 Å². The summed E-state index contributed by atoms with van der Waals surface area (Å²) in [5.74, 6) is -3.50. The number of hydrogen-bond acceptors (Lipinski definition) is 4. The molecule has 1 amide bonds. The zero-order chi connectivity index (χ0) is 15.0. The van der Waals surface area contributed by atoms with Gasteiger partial charge >= 0.3 is 0 Å². The van der Waals surface area contributed by atoms with Crippen molar-refractivity contribution in [3.05, 3.63) is 24.3 Å². The topological polar surface area (TPSA) is 75.3 Å². The van der Waals surface area contributed by atoms with Crippen LogP contribution in [0.4, 0.5) is 14.5 Å². The first-order valence-corrected chi connectivity index (χ1v) is 7.79. The SMILES string of the molecule is CS(=O)(=O)c1cccc(NC(=O)C2CC(F)(F)CN2)c1.Cl. The van der Waals surface area contributed by atoms with E-state index in [1.54, 1.807) is 0 Å². The standard InChI is InChI=1S/C12H14F2N2O3S.ClH/c1-20(18,19)9-4-2-3-8(5-9)16-11(17)10-6-12(13,14)7-15-10;/h2-5,10,15H,6-7H2,1H3,(H,16,17);1H. The number of halogens is 3. The average Bonchev–Trinajstić information content (AvgIpc) is 2.69. The number of carbonyl (C=O) groups excluding carboxylic acids is 1. The number of hydrogen-bond donors (Lipinski definition) is 2. The van der Waals surface area contributed by atoms with Gasteiger partial charge in [-0.15, -0.1) is 12.4 Å². The van der Waals surface area contributed by atoms with Crippen LogP contribution in [0.1, 0.15) is 6.42 Å². The Hall–Kier alpha value is -1.25. The largest absolute Gasteiger partial charge is 0.325 e. The minimum absolute atomic E-state index is 0. The summed E-state index contributed by atoms with van der Waals surface area (Å²) in [7, 11) is -3.39. The van der Waals surface area contributed by atoms with E-state index < -0.39 is 40.7 Å². The minimum atomic E-state index is -3.39. The third-order valence-corrected chi connectivity index (χ3v) is 4.07. The molecule has 1 heterocycles. The molecule has 2 rings (SSSR count). The average molecular weight is 341 g/mol. The molecular formula is C12H15ClF2N2O3S. The lowest BCUT2D eigenvalue weighted by molar-refractivity contribution is -0.118. The molecule has 21 heavy (non-hydrogen) atoms. The molecule has 1 unspecified atom stereocenters. The fourth-order valence-electron chi connectivity index (χ4n) is 1.93. The minimum Gasteiger partial charge on any atom is -0.325 e. The summed E-state index contributed by atoms with van der Waals surface area (Å²) >= 11 is 0. The molecule has 5 nitrogen and oxygen atoms in total. The fraction of sp³-hybridized carbons (Fsp3) is 0.417. The molecule has 0 radical (unpaired) electrons. The number of anilines is 1. The summed E-state index contributed by atoms with van der Waals surface area (Å²) in [6.07, 6.45) is 0.484. The highest BCUT2D eigenvalue weighted by molar-refractivity contribution is 7.90. The van der Waals surface area contributed by atoms with E-state index >= 15 is 0 Å². The fourth-order valence-corrected chi connectivity index (χ4v) is 2.60. The van der Waals surface area contributed by atoms with E-state index in [9.17, 15) is 22.0 Å². The molecule has 1 aliphatic heterocycles. The molecule has 118 valence electrons. The Morgan fingerprint density at radius 2 is 2.10 bits per heavy atom. The van der Waals surface area contributed by atoms with Gasteiger partial charge in [0.05, 0.1) is 17.5 Å². The second-order valence-corrected chi connectivity index (χ2v) is 6.80. The van der Waals surface area contributed by atoms with Gasteiger partial charge in [-0.05, 0) is 18.2 Å². The summed E-state index contributed by atoms with van der Waals surface area (Å²) in [6, 6.07) is 4.68. The Kier molecular flexibility index (Phi) is 5.30. The monoisotopic (exact) mass is 340 g/mol. The smallest absolute Gasteiger partial charge is 0.262 e. The van der Waals surface area contributed by atoms with Crippen molar-refractivity contribution in [1.29, 1.82) is 0 Å². The first-order valence-electron chi connectivity index (χ1n) is 5.90. The quantitative estimate of drug-likeness (QED) is 0.873. The van der Waals surface area contributed by atoms with Gasteiger partial charge in [0, 0.05) is 18.4 Å². The zero-order valence-electron chi connectivity index (χ0n) is 11.1. The molecule has 0 aromatic heterocycles. The van der Waals surface area contributed by atoms with E-state index in [1.165, 1.54) is 24.3 Å². The Morgan fingerprint density at radius 1 is 1.43 bits per heavy atom. The molecule has 1 aromatic rings. The predicted molar refractivity (Wildman–Crippen MR) is 76.8 cm³/mol. The van der Waals surface area contributed by atoms with Crippen LogP contribution in [-0.2, 0) is 14.6 Å². The number of alkyl halides is 2. The lowest BCUT2D eigenvalue weighted by Gasteiger charge is -2.11. The van der Waals surface area contributed by atoms with Crippen molar-refractivity contribution in [2.24, 2.45) is 0 Å². The molecule has 1 aromatic carbocycles. The summed E-state index contributed by atoms with van der Waals surface area (Å²) in [4.78, 5) is 11.9. The van der Waals surface area contributed by atoms with E-state index in [0.717, 1.165) is 6.26 Å². The Labute approximate surface area is 127 Å². The van der Waals surface area contributed by atoms with Crippen molar-refractivity contribution in [2.75, 3.05) is 18.1 Å². The van der Waals surface area contributed by atoms with E-state index in [2.05, 4.69) is 10.6 Å². The number of rotatable bonds is 3. The summed E-state index contributed by atoms with van der Waals surface area (Å²) in [5, 5.41) is 4.87. The van der Waals surface area contributed by atoms with E-state index in [1.807, 2.05) is 0 Å². The highest BCUT2D eigenvalue weighted by atomic mass is 35.5. The Bertz CT molecular complexity index is 637. The number of sulfone groups is 1. The zero-order valence-corrected chi connectivity index (χ0v) is 12.7. The van der Waals surface area contributed by atoms with Crippen molar-refractivity contribution in [1.82, 2.24) is 5.32 Å². The van der Waals surface area contributed by atoms with Gasteiger partial charge in [0.2, 0.25) is 5.91 Å². The normalized spacial score (nSPS) is 20.6. The second kappa shape index (κ2) is 6.25. The maximum Gasteiger partial charge on any atom is 0.262 e. The molecule has 0 spiro atoms. The van der Waals surface area contributed by atoms with Gasteiger partial charge in [-0.2, -0.15) is 0 Å². The van der Waals surface area contributed by atoms with Gasteiger partial charge in [-0.25, -0.2) is 17.2 Å². The number of carbonyl (C=O) groups is 1. The summed E-state index contributed by atoms with van der Waals surface area (Å²) < 4.78 is 48.8. The van der Waals surface area contributed by atoms with Gasteiger partial charge in [0.25, 0.3) is 5.92 Å². The van der Waals surface area contributed by atoms with Crippen molar-refractivity contribution >= 4 is 33.8 Å². The highest BCUT2D eigenvalue weighted by Gasteiger charge is 2.42. The van der Waals surface area contributed by atoms with Gasteiger partial charge in [-0.1, -0.05) is 6.07 Å². The van der Waals surface area contributed by atoms with Crippen molar-refractivity contribution < 1.29 is 22.0 Å². The highest BCUT2D eigenvalue weighted by Crippen LogP contribution is 2.26. The number of amides is 1. The van der Waals surface area contributed by atoms with Crippen LogP contribution in [0.3, 0.4) is 0 Å². The lowest BCUT2D eigenvalue weighted by Crippen LogP contribution is -2.35. The van der Waals surface area contributed by atoms with E-state index in [4.69, 9.17) is 0 Å². The maximum absolute atomic E-state index is 13.0. The van der Waals surface area contributed by atoms with Crippen LogP contribution in [0.25, 0.3) is 0 Å². The number of benzene rings is 1. The van der Waals surface area contributed by atoms with Crippen LogP contribution < -0.4 is 10.6 Å². The molecule has 1 aliphatic rings. The molecule has 2 N–H and O–H groups in total. The third kappa shape index (κ3) is 4.62. The van der Waals surface area contributed by atoms with Gasteiger partial charge in [0.15, 0.2) is 9.84 Å². The Balaban J connectivity index is 0.00000220. The van der Waals surface area contributed by atoms with Crippen LogP contribution in [0.5, 0.6) is 0 Å². The van der Waals surface area contributed by atoms with Crippen molar-refractivity contribution in [3.8, 4) is 0 Å². The first-order chi connectivity index (χ1) is 9.17. The molecule has 1 saturated heterocycles. The molecule has 0 bridgehead atoms.